The molecular weight excluding hydrogens is 362 g/mol. The first-order valence-corrected chi connectivity index (χ1v) is 9.43. The highest BCUT2D eigenvalue weighted by Gasteiger charge is 2.02. The van der Waals surface area contributed by atoms with Crippen molar-refractivity contribution in [2.45, 2.75) is 6.42 Å². The Morgan fingerprint density at radius 2 is 1.48 bits per heavy atom. The lowest BCUT2D eigenvalue weighted by Gasteiger charge is -2.01. The molecule has 2 heterocycles. The van der Waals surface area contributed by atoms with Gasteiger partial charge < -0.3 is 5.32 Å². The van der Waals surface area contributed by atoms with E-state index in [1.165, 1.54) is 6.08 Å². The van der Waals surface area contributed by atoms with E-state index in [9.17, 15) is 4.79 Å². The molecule has 6 heteroatoms. The zero-order chi connectivity index (χ0) is 19.9. The fourth-order valence-corrected chi connectivity index (χ4v) is 2.92. The maximum absolute atomic E-state index is 12.1. The van der Waals surface area contributed by atoms with Crippen molar-refractivity contribution in [1.82, 2.24) is 24.9 Å². The summed E-state index contributed by atoms with van der Waals surface area (Å²) in [6.07, 6.45) is 11.4. The van der Waals surface area contributed by atoms with Gasteiger partial charge >= 0.3 is 0 Å². The average molecular weight is 383 g/mol. The van der Waals surface area contributed by atoms with E-state index in [-0.39, 0.29) is 5.91 Å². The summed E-state index contributed by atoms with van der Waals surface area (Å²) in [6.45, 7) is 0.549. The van der Waals surface area contributed by atoms with Gasteiger partial charge in [-0.25, -0.2) is 9.36 Å². The van der Waals surface area contributed by atoms with E-state index in [0.29, 0.717) is 6.54 Å². The maximum atomic E-state index is 12.1. The lowest BCUT2D eigenvalue weighted by Crippen LogP contribution is -2.23. The molecule has 0 unspecified atom stereocenters. The van der Waals surface area contributed by atoms with Gasteiger partial charge in [-0.2, -0.15) is 10.2 Å². The molecule has 0 aliphatic carbocycles. The van der Waals surface area contributed by atoms with E-state index in [2.05, 4.69) is 15.5 Å². The first-order chi connectivity index (χ1) is 14.3. The van der Waals surface area contributed by atoms with Crippen LogP contribution >= 0.6 is 0 Å². The predicted octanol–water partition coefficient (Wildman–Crippen LogP) is 3.43. The number of hydrogen-bond donors (Lipinski definition) is 1. The highest BCUT2D eigenvalue weighted by Crippen LogP contribution is 2.09. The molecule has 29 heavy (non-hydrogen) atoms. The van der Waals surface area contributed by atoms with Crippen molar-refractivity contribution in [3.05, 3.63) is 103 Å². The zero-order valence-electron chi connectivity index (χ0n) is 15.8. The second-order valence-corrected chi connectivity index (χ2v) is 6.56. The van der Waals surface area contributed by atoms with Gasteiger partial charge in [0.25, 0.3) is 0 Å². The fraction of sp³-hybridized carbons (Fsp3) is 0.0870. The summed E-state index contributed by atoms with van der Waals surface area (Å²) in [5, 5.41) is 11.6. The third-order valence-corrected chi connectivity index (χ3v) is 4.42. The van der Waals surface area contributed by atoms with Gasteiger partial charge in [0.05, 0.1) is 23.8 Å². The number of hydrogen-bond acceptors (Lipinski definition) is 3. The van der Waals surface area contributed by atoms with Gasteiger partial charge in [0.15, 0.2) is 0 Å². The molecule has 1 N–H and O–H groups in total. The van der Waals surface area contributed by atoms with E-state index < -0.39 is 0 Å². The summed E-state index contributed by atoms with van der Waals surface area (Å²) >= 11 is 0. The number of para-hydroxylation sites is 2. The highest BCUT2D eigenvalue weighted by molar-refractivity contribution is 5.91. The normalized spacial score (nSPS) is 11.0. The second-order valence-electron chi connectivity index (χ2n) is 6.56. The van der Waals surface area contributed by atoms with Crippen LogP contribution in [0.4, 0.5) is 0 Å². The number of benzene rings is 2. The molecule has 0 atom stereocenters. The third kappa shape index (κ3) is 4.87. The molecular formula is C23H21N5O. The van der Waals surface area contributed by atoms with Crippen molar-refractivity contribution in [2.24, 2.45) is 0 Å². The molecule has 0 saturated heterocycles. The van der Waals surface area contributed by atoms with Crippen LogP contribution in [-0.4, -0.2) is 32.0 Å². The quantitative estimate of drug-likeness (QED) is 0.497. The van der Waals surface area contributed by atoms with Crippen LogP contribution in [0.3, 0.4) is 0 Å². The number of amides is 1. The molecule has 0 spiro atoms. The first kappa shape index (κ1) is 18.4. The molecule has 1 amide bonds. The largest absolute Gasteiger partial charge is 0.352 e. The van der Waals surface area contributed by atoms with E-state index in [1.807, 2.05) is 83.9 Å². The number of carbonyl (C=O) groups is 1. The molecule has 0 bridgehead atoms. The molecule has 0 aliphatic heterocycles. The van der Waals surface area contributed by atoms with Crippen LogP contribution in [0.5, 0.6) is 0 Å². The molecule has 6 nitrogen and oxygen atoms in total. The fourth-order valence-electron chi connectivity index (χ4n) is 2.92. The summed E-state index contributed by atoms with van der Waals surface area (Å²) in [7, 11) is 0. The van der Waals surface area contributed by atoms with Crippen LogP contribution in [-0.2, 0) is 11.2 Å². The van der Waals surface area contributed by atoms with Crippen molar-refractivity contribution in [1.29, 1.82) is 0 Å². The minimum absolute atomic E-state index is 0.132. The summed E-state index contributed by atoms with van der Waals surface area (Å²) < 4.78 is 3.61. The van der Waals surface area contributed by atoms with Gasteiger partial charge in [0, 0.05) is 30.6 Å². The molecule has 4 aromatic rings. The van der Waals surface area contributed by atoms with Crippen molar-refractivity contribution in [3.8, 4) is 11.4 Å². The minimum Gasteiger partial charge on any atom is -0.352 e. The smallest absolute Gasteiger partial charge is 0.244 e. The predicted molar refractivity (Wildman–Crippen MR) is 113 cm³/mol. The van der Waals surface area contributed by atoms with Gasteiger partial charge in [-0.1, -0.05) is 36.4 Å². The Morgan fingerprint density at radius 1 is 0.862 bits per heavy atom. The van der Waals surface area contributed by atoms with Crippen molar-refractivity contribution in [2.75, 3.05) is 6.54 Å². The molecule has 2 aromatic heterocycles. The summed E-state index contributed by atoms with van der Waals surface area (Å²) in [6, 6.07) is 19.8. The number of nitrogens with one attached hydrogen (secondary N) is 1. The Balaban J connectivity index is 1.26. The Bertz CT molecular complexity index is 1100. The molecule has 0 fully saturated rings. The Morgan fingerprint density at radius 3 is 2.17 bits per heavy atom. The van der Waals surface area contributed by atoms with Crippen molar-refractivity contribution >= 4 is 12.0 Å². The van der Waals surface area contributed by atoms with E-state index in [1.54, 1.807) is 17.0 Å². The number of carbonyl (C=O) groups excluding carboxylic acids is 1. The maximum Gasteiger partial charge on any atom is 0.244 e. The van der Waals surface area contributed by atoms with Crippen LogP contribution in [0.25, 0.3) is 17.5 Å². The van der Waals surface area contributed by atoms with Crippen molar-refractivity contribution < 1.29 is 4.79 Å². The molecule has 0 aliphatic rings. The molecule has 2 aromatic carbocycles. The van der Waals surface area contributed by atoms with Crippen molar-refractivity contribution in [3.63, 3.8) is 0 Å². The standard InChI is InChI=1S/C23H21N5O/c29-23(12-11-19-15-25-27(17-19)21-7-3-1-4-8-21)24-14-13-20-16-26-28(18-20)22-9-5-2-6-10-22/h1-12,15-18H,13-14H2,(H,24,29)/b12-11+. The van der Waals surface area contributed by atoms with Gasteiger partial charge in [-0.15, -0.1) is 0 Å². The van der Waals surface area contributed by atoms with Crippen LogP contribution in [0, 0.1) is 0 Å². The van der Waals surface area contributed by atoms with Crippen LogP contribution in [0.15, 0.2) is 91.5 Å². The average Bonchev–Trinajstić information content (AvgIpc) is 3.44. The topological polar surface area (TPSA) is 64.7 Å². The summed E-state index contributed by atoms with van der Waals surface area (Å²) in [4.78, 5) is 12.1. The van der Waals surface area contributed by atoms with E-state index in [4.69, 9.17) is 0 Å². The summed E-state index contributed by atoms with van der Waals surface area (Å²) in [5.74, 6) is -0.132. The zero-order valence-corrected chi connectivity index (χ0v) is 15.8. The number of aromatic nitrogens is 4. The van der Waals surface area contributed by atoms with E-state index >= 15 is 0 Å². The lowest BCUT2D eigenvalue weighted by atomic mass is 10.2. The van der Waals surface area contributed by atoms with Gasteiger partial charge in [-0.05, 0) is 42.3 Å². The number of nitrogens with zero attached hydrogens (tertiary/aromatic N) is 4. The Labute approximate surface area is 169 Å². The monoisotopic (exact) mass is 383 g/mol. The molecule has 4 rings (SSSR count). The van der Waals surface area contributed by atoms with Crippen LogP contribution in [0.2, 0.25) is 0 Å². The van der Waals surface area contributed by atoms with Gasteiger partial charge in [0.2, 0.25) is 5.91 Å². The molecule has 0 radical (unpaired) electrons. The lowest BCUT2D eigenvalue weighted by molar-refractivity contribution is -0.116. The van der Waals surface area contributed by atoms with Crippen LogP contribution < -0.4 is 5.32 Å². The minimum atomic E-state index is -0.132. The van der Waals surface area contributed by atoms with Crippen LogP contribution in [0.1, 0.15) is 11.1 Å². The van der Waals surface area contributed by atoms with Gasteiger partial charge in [0.1, 0.15) is 0 Å². The molecule has 144 valence electrons. The molecule has 0 saturated carbocycles. The second kappa shape index (κ2) is 8.84. The highest BCUT2D eigenvalue weighted by atomic mass is 16.1. The van der Waals surface area contributed by atoms with Gasteiger partial charge in [-0.3, -0.25) is 4.79 Å². The van der Waals surface area contributed by atoms with E-state index in [0.717, 1.165) is 28.9 Å². The number of rotatable bonds is 7. The summed E-state index contributed by atoms with van der Waals surface area (Å²) in [5.41, 5.74) is 3.94. The Kier molecular flexibility index (Phi) is 5.62. The third-order valence-electron chi connectivity index (χ3n) is 4.42. The Hall–Kier alpha value is -3.93. The first-order valence-electron chi connectivity index (χ1n) is 9.43. The SMILES string of the molecule is O=C(/C=C/c1cnn(-c2ccccc2)c1)NCCc1cnn(-c2ccccc2)c1.